The number of ether oxygens (including phenoxy) is 1. The van der Waals surface area contributed by atoms with E-state index in [1.165, 1.54) is 6.26 Å². The Bertz CT molecular complexity index is 1250. The Kier molecular flexibility index (Phi) is 4.99. The number of hydrogen-bond acceptors (Lipinski definition) is 5. The summed E-state index contributed by atoms with van der Waals surface area (Å²) in [4.78, 5) is 25.6. The van der Waals surface area contributed by atoms with Gasteiger partial charge in [-0.25, -0.2) is 0 Å². The molecule has 0 amide bonds. The van der Waals surface area contributed by atoms with Crippen molar-refractivity contribution in [3.8, 4) is 17.3 Å². The number of halogens is 1. The Hall–Kier alpha value is -3.31. The molecule has 0 aliphatic rings. The average Bonchev–Trinajstić information content (AvgIpc) is 3.24. The molecule has 146 valence electrons. The van der Waals surface area contributed by atoms with E-state index < -0.39 is 0 Å². The molecule has 0 unspecified atom stereocenters. The van der Waals surface area contributed by atoms with Crippen molar-refractivity contribution in [2.75, 3.05) is 6.61 Å². The third-order valence-electron chi connectivity index (χ3n) is 4.72. The molecule has 0 fully saturated rings. The molecule has 0 spiro atoms. The summed E-state index contributed by atoms with van der Waals surface area (Å²) in [7, 11) is 0. The monoisotopic (exact) mass is 408 g/mol. The molecule has 0 bridgehead atoms. The van der Waals surface area contributed by atoms with Gasteiger partial charge in [0.2, 0.25) is 16.9 Å². The van der Waals surface area contributed by atoms with Crippen LogP contribution in [0.4, 0.5) is 0 Å². The van der Waals surface area contributed by atoms with Gasteiger partial charge in [-0.2, -0.15) is 0 Å². The molecule has 0 saturated heterocycles. The van der Waals surface area contributed by atoms with Crippen LogP contribution in [0.15, 0.2) is 68.4 Å². The van der Waals surface area contributed by atoms with Crippen molar-refractivity contribution in [1.82, 2.24) is 0 Å². The zero-order valence-electron chi connectivity index (χ0n) is 15.8. The molecular formula is C23H17ClO5. The average molecular weight is 409 g/mol. The summed E-state index contributed by atoms with van der Waals surface area (Å²) in [6.45, 7) is 3.53. The lowest BCUT2D eigenvalue weighted by Gasteiger charge is -2.11. The molecule has 0 aliphatic heterocycles. The fraction of sp³-hybridized carbons (Fsp3) is 0.130. The number of carbonyl (C=O) groups is 1. The van der Waals surface area contributed by atoms with Crippen LogP contribution < -0.4 is 10.2 Å². The zero-order valence-corrected chi connectivity index (χ0v) is 16.6. The maximum atomic E-state index is 13.1. The Morgan fingerprint density at radius 3 is 2.48 bits per heavy atom. The van der Waals surface area contributed by atoms with Gasteiger partial charge in [-0.1, -0.05) is 11.6 Å². The smallest absolute Gasteiger partial charge is 0.235 e. The van der Waals surface area contributed by atoms with Crippen LogP contribution in [-0.2, 0) is 0 Å². The van der Waals surface area contributed by atoms with E-state index in [0.29, 0.717) is 27.3 Å². The highest BCUT2D eigenvalue weighted by Gasteiger charge is 2.21. The summed E-state index contributed by atoms with van der Waals surface area (Å²) in [6, 6.07) is 13.4. The van der Waals surface area contributed by atoms with Crippen LogP contribution in [-0.4, -0.2) is 12.4 Å². The molecule has 2 aromatic carbocycles. The lowest BCUT2D eigenvalue weighted by molar-refractivity contribution is 0.0920. The third kappa shape index (κ3) is 3.69. The van der Waals surface area contributed by atoms with Crippen LogP contribution in [0.25, 0.3) is 22.5 Å². The number of ketones is 1. The molecule has 4 aromatic rings. The molecule has 5 nitrogen and oxygen atoms in total. The van der Waals surface area contributed by atoms with Gasteiger partial charge in [0.05, 0.1) is 11.6 Å². The number of carbonyl (C=O) groups excluding carboxylic acids is 1. The third-order valence-corrected chi connectivity index (χ3v) is 4.98. The van der Waals surface area contributed by atoms with Crippen molar-refractivity contribution in [3.63, 3.8) is 0 Å². The number of benzene rings is 2. The van der Waals surface area contributed by atoms with Gasteiger partial charge in [0.15, 0.2) is 18.2 Å². The number of aryl methyl sites for hydroxylation is 2. The van der Waals surface area contributed by atoms with Crippen LogP contribution in [0.1, 0.15) is 21.5 Å². The Morgan fingerprint density at radius 1 is 1.07 bits per heavy atom. The molecule has 0 saturated carbocycles. The molecule has 0 radical (unpaired) electrons. The summed E-state index contributed by atoms with van der Waals surface area (Å²) in [6.07, 6.45) is 1.47. The minimum atomic E-state index is -0.357. The number of hydrogen-bond donors (Lipinski definition) is 0. The topological polar surface area (TPSA) is 69.7 Å². The molecular weight excluding hydrogens is 392 g/mol. The first-order chi connectivity index (χ1) is 13.9. The largest absolute Gasteiger partial charge is 0.478 e. The van der Waals surface area contributed by atoms with E-state index in [2.05, 4.69) is 0 Å². The molecule has 6 heteroatoms. The molecule has 4 rings (SSSR count). The van der Waals surface area contributed by atoms with Crippen LogP contribution in [0.2, 0.25) is 5.02 Å². The standard InChI is InChI=1S/C23H17ClO5/c1-13-10-17-20(11-14(13)2)29-22(19-4-3-9-27-19)23(21(17)26)28-12-18(25)15-5-7-16(24)8-6-15/h3-11H,12H2,1-2H3. The minimum Gasteiger partial charge on any atom is -0.478 e. The van der Waals surface area contributed by atoms with Crippen LogP contribution in [0.5, 0.6) is 5.75 Å². The SMILES string of the molecule is Cc1cc2oc(-c3ccco3)c(OCC(=O)c3ccc(Cl)cc3)c(=O)c2cc1C. The van der Waals surface area contributed by atoms with E-state index in [-0.39, 0.29) is 29.3 Å². The van der Waals surface area contributed by atoms with Crippen molar-refractivity contribution in [2.24, 2.45) is 0 Å². The van der Waals surface area contributed by atoms with E-state index in [9.17, 15) is 9.59 Å². The van der Waals surface area contributed by atoms with Gasteiger partial charge in [0.1, 0.15) is 5.58 Å². The van der Waals surface area contributed by atoms with Gasteiger partial charge in [-0.05, 0) is 73.5 Å². The second-order valence-corrected chi connectivity index (χ2v) is 7.15. The maximum Gasteiger partial charge on any atom is 0.235 e. The second kappa shape index (κ2) is 7.60. The zero-order chi connectivity index (χ0) is 20.5. The van der Waals surface area contributed by atoms with E-state index in [0.717, 1.165) is 11.1 Å². The van der Waals surface area contributed by atoms with Crippen molar-refractivity contribution in [1.29, 1.82) is 0 Å². The fourth-order valence-corrected chi connectivity index (χ4v) is 3.12. The summed E-state index contributed by atoms with van der Waals surface area (Å²) in [5, 5.41) is 0.917. The molecule has 29 heavy (non-hydrogen) atoms. The number of Topliss-reactive ketones (excluding diaryl/α,β-unsaturated/α-hetero) is 1. The highest BCUT2D eigenvalue weighted by molar-refractivity contribution is 6.30. The van der Waals surface area contributed by atoms with Gasteiger partial charge in [0.25, 0.3) is 0 Å². The molecule has 0 atom stereocenters. The number of furan rings is 1. The first kappa shape index (κ1) is 19.0. The Labute approximate surface area is 171 Å². The Balaban J connectivity index is 1.77. The summed E-state index contributed by atoms with van der Waals surface area (Å²) in [5.74, 6) is 0.153. The van der Waals surface area contributed by atoms with Crippen molar-refractivity contribution >= 4 is 28.4 Å². The molecule has 2 heterocycles. The predicted molar refractivity (Wildman–Crippen MR) is 111 cm³/mol. The lowest BCUT2D eigenvalue weighted by atomic mass is 10.1. The van der Waals surface area contributed by atoms with E-state index in [4.69, 9.17) is 25.2 Å². The predicted octanol–water partition coefficient (Wildman–Crippen LogP) is 5.58. The van der Waals surface area contributed by atoms with E-state index in [1.807, 2.05) is 13.8 Å². The fourth-order valence-electron chi connectivity index (χ4n) is 2.99. The Morgan fingerprint density at radius 2 is 1.79 bits per heavy atom. The van der Waals surface area contributed by atoms with Crippen LogP contribution in [0, 0.1) is 13.8 Å². The van der Waals surface area contributed by atoms with Gasteiger partial charge < -0.3 is 13.6 Å². The van der Waals surface area contributed by atoms with Gasteiger partial charge in [0, 0.05) is 10.6 Å². The van der Waals surface area contributed by atoms with Gasteiger partial charge in [-0.3, -0.25) is 9.59 Å². The minimum absolute atomic E-state index is 0.0574. The first-order valence-corrected chi connectivity index (χ1v) is 9.35. The summed E-state index contributed by atoms with van der Waals surface area (Å²) >= 11 is 5.86. The normalized spacial score (nSPS) is 11.0. The summed E-state index contributed by atoms with van der Waals surface area (Å²) < 4.78 is 17.0. The number of rotatable bonds is 5. The van der Waals surface area contributed by atoms with Gasteiger partial charge >= 0.3 is 0 Å². The van der Waals surface area contributed by atoms with E-state index in [1.54, 1.807) is 48.5 Å². The quantitative estimate of drug-likeness (QED) is 0.403. The highest BCUT2D eigenvalue weighted by Crippen LogP contribution is 2.32. The van der Waals surface area contributed by atoms with Crippen molar-refractivity contribution < 1.29 is 18.4 Å². The number of fused-ring (bicyclic) bond motifs is 1. The van der Waals surface area contributed by atoms with Gasteiger partial charge in [-0.15, -0.1) is 0 Å². The first-order valence-electron chi connectivity index (χ1n) is 8.97. The van der Waals surface area contributed by atoms with Crippen molar-refractivity contribution in [2.45, 2.75) is 13.8 Å². The molecule has 2 aromatic heterocycles. The summed E-state index contributed by atoms with van der Waals surface area (Å²) in [5.41, 5.74) is 2.47. The lowest BCUT2D eigenvalue weighted by Crippen LogP contribution is -2.17. The molecule has 0 aliphatic carbocycles. The molecule has 0 N–H and O–H groups in total. The maximum absolute atomic E-state index is 13.1. The van der Waals surface area contributed by atoms with Crippen LogP contribution >= 0.6 is 11.6 Å². The second-order valence-electron chi connectivity index (χ2n) is 6.72. The van der Waals surface area contributed by atoms with E-state index >= 15 is 0 Å². The van der Waals surface area contributed by atoms with Crippen molar-refractivity contribution in [3.05, 3.63) is 86.7 Å². The highest BCUT2D eigenvalue weighted by atomic mass is 35.5. The van der Waals surface area contributed by atoms with Crippen LogP contribution in [0.3, 0.4) is 0 Å².